The zero-order valence-electron chi connectivity index (χ0n) is 11.6. The van der Waals surface area contributed by atoms with Gasteiger partial charge in [-0.05, 0) is 0 Å². The summed E-state index contributed by atoms with van der Waals surface area (Å²) in [6, 6.07) is 0. The van der Waals surface area contributed by atoms with Crippen molar-refractivity contribution in [2.24, 2.45) is 0 Å². The lowest BCUT2D eigenvalue weighted by molar-refractivity contribution is -0.301. The molecule has 20 heavy (non-hydrogen) atoms. The zero-order chi connectivity index (χ0) is 16.9. The molecule has 0 aromatic heterocycles. The molecule has 0 aliphatic heterocycles. The first-order chi connectivity index (χ1) is 9.00. The van der Waals surface area contributed by atoms with E-state index in [0.29, 0.717) is 0 Å². The molecule has 0 bridgehead atoms. The fourth-order valence-corrected chi connectivity index (χ4v) is 0.671. The lowest BCUT2D eigenvalue weighted by Gasteiger charge is -2.24. The Morgan fingerprint density at radius 3 is 1.05 bits per heavy atom. The van der Waals surface area contributed by atoms with Crippen molar-refractivity contribution in [3.8, 4) is 0 Å². The Morgan fingerprint density at radius 1 is 0.800 bits per heavy atom. The lowest BCUT2D eigenvalue weighted by atomic mass is 10.0. The van der Waals surface area contributed by atoms with Gasteiger partial charge in [-0.25, -0.2) is 0 Å². The van der Waals surface area contributed by atoms with Gasteiger partial charge in [-0.15, -0.1) is 24.7 Å². The molecule has 8 nitrogen and oxygen atoms in total. The Balaban J connectivity index is -0.000000297. The highest BCUT2D eigenvalue weighted by molar-refractivity contribution is 4.79. The van der Waals surface area contributed by atoms with Crippen molar-refractivity contribution in [3.63, 3.8) is 0 Å². The predicted octanol–water partition coefficient (Wildman–Crippen LogP) is -3.82. The summed E-state index contributed by atoms with van der Waals surface area (Å²) in [4.78, 5) is 0. The molecule has 6 N–H and O–H groups in total. The van der Waals surface area contributed by atoms with Crippen LogP contribution in [0.5, 0.6) is 0 Å². The van der Waals surface area contributed by atoms with E-state index in [1.54, 1.807) is 0 Å². The molecule has 0 heterocycles. The third kappa shape index (κ3) is 19.2. The second-order valence-corrected chi connectivity index (χ2v) is 3.89. The molecule has 0 rings (SSSR count). The first-order valence-corrected chi connectivity index (χ1v) is 5.60. The molecular formula is C12H24O8-2. The Bertz CT molecular complexity index is 222. The van der Waals surface area contributed by atoms with E-state index >= 15 is 0 Å². The van der Waals surface area contributed by atoms with Crippen LogP contribution in [0, 0.1) is 0 Å². The monoisotopic (exact) mass is 296 g/mol. The molecule has 0 radical (unpaired) electrons. The summed E-state index contributed by atoms with van der Waals surface area (Å²) in [7, 11) is 0. The van der Waals surface area contributed by atoms with Gasteiger partial charge in [-0.1, -0.05) is 13.8 Å². The second-order valence-electron chi connectivity index (χ2n) is 3.89. The first-order valence-electron chi connectivity index (χ1n) is 5.60. The topological polar surface area (TPSA) is 168 Å². The Hall–Kier alpha value is -1.16. The van der Waals surface area contributed by atoms with E-state index < -0.39 is 37.6 Å². The molecule has 0 fully saturated rings. The molecule has 0 aliphatic rings. The maximum absolute atomic E-state index is 9.33. The van der Waals surface area contributed by atoms with E-state index in [0.717, 1.165) is 0 Å². The molecule has 0 saturated carbocycles. The molecule has 0 saturated heterocycles. The smallest absolute Gasteiger partial charge is 0.111 e. The SMILES string of the molecule is C=C(C)[O-].C=C(C)[O-].OC[C@@H](O)[C@@H](O)[C@H](O)[C@H](O)CO. The number of hydrogen-bond donors (Lipinski definition) is 6. The Morgan fingerprint density at radius 2 is 0.950 bits per heavy atom. The number of aliphatic hydroxyl groups is 6. The van der Waals surface area contributed by atoms with E-state index in [9.17, 15) is 10.2 Å². The average molecular weight is 296 g/mol. The molecule has 122 valence electrons. The van der Waals surface area contributed by atoms with Crippen LogP contribution >= 0.6 is 0 Å². The molecule has 0 unspecified atom stereocenters. The quantitative estimate of drug-likeness (QED) is 0.280. The van der Waals surface area contributed by atoms with Crippen LogP contribution in [0.15, 0.2) is 24.7 Å². The van der Waals surface area contributed by atoms with Crippen molar-refractivity contribution >= 4 is 0 Å². The summed E-state index contributed by atoms with van der Waals surface area (Å²) in [5, 5.41) is 70.8. The van der Waals surface area contributed by atoms with Gasteiger partial charge in [0, 0.05) is 0 Å². The first kappa shape index (κ1) is 23.9. The van der Waals surface area contributed by atoms with Crippen molar-refractivity contribution < 1.29 is 40.9 Å². The zero-order valence-corrected chi connectivity index (χ0v) is 11.6. The average Bonchev–Trinajstić information content (AvgIpc) is 2.33. The van der Waals surface area contributed by atoms with Gasteiger partial charge in [-0.3, -0.25) is 0 Å². The van der Waals surface area contributed by atoms with Crippen molar-refractivity contribution in [2.45, 2.75) is 38.3 Å². The highest BCUT2D eigenvalue weighted by atomic mass is 16.4. The van der Waals surface area contributed by atoms with Crippen LogP contribution in [0.1, 0.15) is 13.8 Å². The summed E-state index contributed by atoms with van der Waals surface area (Å²) >= 11 is 0. The highest BCUT2D eigenvalue weighted by Crippen LogP contribution is 2.03. The van der Waals surface area contributed by atoms with Gasteiger partial charge in [0.25, 0.3) is 0 Å². The lowest BCUT2D eigenvalue weighted by Crippen LogP contribution is -2.46. The van der Waals surface area contributed by atoms with E-state index in [-0.39, 0.29) is 11.5 Å². The fraction of sp³-hybridized carbons (Fsp3) is 0.667. The Kier molecular flexibility index (Phi) is 17.0. The number of rotatable bonds is 5. The number of allylic oxidation sites excluding steroid dienone is 2. The van der Waals surface area contributed by atoms with Crippen LogP contribution in [0.3, 0.4) is 0 Å². The van der Waals surface area contributed by atoms with Gasteiger partial charge in [0.1, 0.15) is 24.4 Å². The summed E-state index contributed by atoms with van der Waals surface area (Å²) in [6.07, 6.45) is -6.39. The Labute approximate surface area is 118 Å². The molecular weight excluding hydrogens is 272 g/mol. The molecule has 0 aliphatic carbocycles. The third-order valence-electron chi connectivity index (χ3n) is 1.51. The minimum absolute atomic E-state index is 0.0833. The molecule has 4 atom stereocenters. The number of hydrogen-bond acceptors (Lipinski definition) is 8. The van der Waals surface area contributed by atoms with Crippen LogP contribution in [0.25, 0.3) is 0 Å². The normalized spacial score (nSPS) is 15.4. The van der Waals surface area contributed by atoms with Crippen molar-refractivity contribution in [1.29, 1.82) is 0 Å². The van der Waals surface area contributed by atoms with E-state index in [1.807, 2.05) is 0 Å². The third-order valence-corrected chi connectivity index (χ3v) is 1.51. The molecule has 8 heteroatoms. The molecule has 0 amide bonds. The van der Waals surface area contributed by atoms with Crippen LogP contribution in [0.2, 0.25) is 0 Å². The van der Waals surface area contributed by atoms with E-state index in [1.165, 1.54) is 13.8 Å². The maximum Gasteiger partial charge on any atom is 0.111 e. The van der Waals surface area contributed by atoms with Crippen LogP contribution < -0.4 is 10.2 Å². The summed E-state index contributed by atoms with van der Waals surface area (Å²) in [6.45, 7) is 7.38. The standard InChI is InChI=1S/C6H14O6.2C3H6O/c7-1-3(9)5(11)6(12)4(10)2-8;2*1-3(2)4/h3-12H,1-2H2;2*4H,1H2,2H3/p-2/t3-,4-,5-,6-;;/m1../s1. The van der Waals surface area contributed by atoms with E-state index in [2.05, 4.69) is 13.2 Å². The van der Waals surface area contributed by atoms with Gasteiger partial charge in [0.15, 0.2) is 0 Å². The van der Waals surface area contributed by atoms with Crippen LogP contribution in [-0.4, -0.2) is 68.3 Å². The number of aliphatic hydroxyl groups excluding tert-OH is 6. The molecule has 0 aromatic rings. The van der Waals surface area contributed by atoms with Gasteiger partial charge in [0.05, 0.1) is 13.2 Å². The van der Waals surface area contributed by atoms with E-state index in [4.69, 9.17) is 30.6 Å². The van der Waals surface area contributed by atoms with Crippen molar-refractivity contribution in [2.75, 3.05) is 13.2 Å². The molecule has 0 spiro atoms. The fourth-order valence-electron chi connectivity index (χ4n) is 0.671. The van der Waals surface area contributed by atoms with Crippen molar-refractivity contribution in [1.82, 2.24) is 0 Å². The predicted molar refractivity (Wildman–Crippen MR) is 67.8 cm³/mol. The summed E-state index contributed by atoms with van der Waals surface area (Å²) in [5.41, 5.74) is 0. The van der Waals surface area contributed by atoms with Gasteiger partial charge in [-0.2, -0.15) is 0 Å². The van der Waals surface area contributed by atoms with Crippen LogP contribution in [-0.2, 0) is 0 Å². The summed E-state index contributed by atoms with van der Waals surface area (Å²) in [5.74, 6) is -0.167. The minimum Gasteiger partial charge on any atom is -0.876 e. The minimum atomic E-state index is -1.67. The van der Waals surface area contributed by atoms with Gasteiger partial charge >= 0.3 is 0 Å². The second kappa shape index (κ2) is 14.3. The highest BCUT2D eigenvalue weighted by Gasteiger charge is 2.29. The van der Waals surface area contributed by atoms with Gasteiger partial charge < -0.3 is 40.9 Å². The van der Waals surface area contributed by atoms with Crippen molar-refractivity contribution in [3.05, 3.63) is 24.7 Å². The van der Waals surface area contributed by atoms with Gasteiger partial charge in [0.2, 0.25) is 0 Å². The van der Waals surface area contributed by atoms with Crippen LogP contribution in [0.4, 0.5) is 0 Å². The summed E-state index contributed by atoms with van der Waals surface area (Å²) < 4.78 is 0. The maximum atomic E-state index is 9.33. The largest absolute Gasteiger partial charge is 0.876 e. The molecule has 0 aromatic carbocycles.